The molecular weight excluding hydrogens is 328 g/mol. The van der Waals surface area contributed by atoms with E-state index in [0.717, 1.165) is 24.8 Å². The number of aliphatic hydroxyl groups is 1. The lowest BCUT2D eigenvalue weighted by Crippen LogP contribution is -2.62. The fourth-order valence-corrected chi connectivity index (χ4v) is 4.90. The van der Waals surface area contributed by atoms with Gasteiger partial charge in [0.15, 0.2) is 0 Å². The first-order valence-electron chi connectivity index (χ1n) is 9.96. The second kappa shape index (κ2) is 7.39. The summed E-state index contributed by atoms with van der Waals surface area (Å²) < 4.78 is 0. The molecule has 2 heterocycles. The van der Waals surface area contributed by atoms with Gasteiger partial charge in [-0.15, -0.1) is 0 Å². The molecule has 2 saturated heterocycles. The molecule has 3 aliphatic rings. The lowest BCUT2D eigenvalue weighted by molar-refractivity contribution is -0.161. The minimum atomic E-state index is -0.583. The Bertz CT molecular complexity index is 656. The molecule has 0 spiro atoms. The van der Waals surface area contributed by atoms with Crippen molar-refractivity contribution in [2.24, 2.45) is 5.92 Å². The van der Waals surface area contributed by atoms with Gasteiger partial charge in [0.1, 0.15) is 12.1 Å². The monoisotopic (exact) mass is 356 g/mol. The van der Waals surface area contributed by atoms with Gasteiger partial charge in [-0.1, -0.05) is 62.4 Å². The predicted octanol–water partition coefficient (Wildman–Crippen LogP) is 2.33. The van der Waals surface area contributed by atoms with Crippen molar-refractivity contribution >= 4 is 11.8 Å². The van der Waals surface area contributed by atoms with Gasteiger partial charge in [0.25, 0.3) is 0 Å². The number of piperazine rings is 1. The van der Waals surface area contributed by atoms with Crippen LogP contribution in [0.5, 0.6) is 0 Å². The molecule has 5 nitrogen and oxygen atoms in total. The highest BCUT2D eigenvalue weighted by molar-refractivity contribution is 5.97. The molecule has 2 aliphatic heterocycles. The average molecular weight is 356 g/mol. The summed E-state index contributed by atoms with van der Waals surface area (Å²) in [7, 11) is 0. The lowest BCUT2D eigenvalue weighted by atomic mass is 9.83. The van der Waals surface area contributed by atoms with Crippen LogP contribution in [0.2, 0.25) is 0 Å². The van der Waals surface area contributed by atoms with Crippen molar-refractivity contribution in [3.8, 4) is 0 Å². The summed E-state index contributed by atoms with van der Waals surface area (Å²) in [5.41, 5.74) is 1.05. The molecular formula is C21H28N2O3. The van der Waals surface area contributed by atoms with Gasteiger partial charge in [0.2, 0.25) is 11.8 Å². The maximum atomic E-state index is 13.2. The van der Waals surface area contributed by atoms with E-state index in [1.807, 2.05) is 30.3 Å². The molecule has 1 N–H and O–H groups in total. The van der Waals surface area contributed by atoms with E-state index in [4.69, 9.17) is 0 Å². The zero-order valence-corrected chi connectivity index (χ0v) is 15.2. The van der Waals surface area contributed by atoms with Crippen molar-refractivity contribution in [1.29, 1.82) is 0 Å². The molecule has 5 heteroatoms. The number of hydrogen-bond acceptors (Lipinski definition) is 3. The summed E-state index contributed by atoms with van der Waals surface area (Å²) in [6.07, 6.45) is 6.59. The first kappa shape index (κ1) is 17.5. The standard InChI is InChI=1S/C21H28N2O3/c24-17-12-19-21(26)22(13-16-9-5-2-6-10-16)18(20(25)23(19)14-17)11-15-7-3-1-4-8-15/h2,5-6,9-10,15,17-19,24H,1,3-4,7-8,11-14H2/t17-,18+,19?/m1/s1. The SMILES string of the molecule is O=C1[C@H](CC2CCCCC2)N(Cc2ccccc2)C(=O)C2C[C@@H](O)CN12. The zero-order chi connectivity index (χ0) is 18.1. The fourth-order valence-electron chi connectivity index (χ4n) is 4.90. The van der Waals surface area contributed by atoms with E-state index in [2.05, 4.69) is 0 Å². The minimum absolute atomic E-state index is 0.00538. The van der Waals surface area contributed by atoms with Crippen molar-refractivity contribution in [2.75, 3.05) is 6.54 Å². The van der Waals surface area contributed by atoms with Gasteiger partial charge >= 0.3 is 0 Å². The molecule has 0 radical (unpaired) electrons. The van der Waals surface area contributed by atoms with Crippen LogP contribution in [-0.4, -0.2) is 51.5 Å². The van der Waals surface area contributed by atoms with Gasteiger partial charge in [-0.05, 0) is 17.9 Å². The molecule has 2 amide bonds. The zero-order valence-electron chi connectivity index (χ0n) is 15.2. The number of rotatable bonds is 4. The quantitative estimate of drug-likeness (QED) is 0.901. The molecule has 1 aromatic carbocycles. The number of benzene rings is 1. The van der Waals surface area contributed by atoms with Gasteiger partial charge in [0, 0.05) is 19.5 Å². The van der Waals surface area contributed by atoms with Crippen molar-refractivity contribution < 1.29 is 14.7 Å². The molecule has 0 aromatic heterocycles. The van der Waals surface area contributed by atoms with E-state index in [1.54, 1.807) is 9.80 Å². The maximum absolute atomic E-state index is 13.2. The molecule has 1 saturated carbocycles. The second-order valence-electron chi connectivity index (χ2n) is 8.10. The third kappa shape index (κ3) is 3.37. The Kier molecular flexibility index (Phi) is 4.98. The Morgan fingerprint density at radius 2 is 1.73 bits per heavy atom. The van der Waals surface area contributed by atoms with Crippen LogP contribution in [0.1, 0.15) is 50.5 Å². The van der Waals surface area contributed by atoms with Gasteiger partial charge in [-0.2, -0.15) is 0 Å². The van der Waals surface area contributed by atoms with Crippen LogP contribution in [0.25, 0.3) is 0 Å². The summed E-state index contributed by atoms with van der Waals surface area (Å²) in [5, 5.41) is 10.0. The van der Waals surface area contributed by atoms with Gasteiger partial charge in [-0.25, -0.2) is 0 Å². The molecule has 0 bridgehead atoms. The summed E-state index contributed by atoms with van der Waals surface area (Å²) in [6.45, 7) is 0.777. The van der Waals surface area contributed by atoms with Gasteiger partial charge < -0.3 is 14.9 Å². The molecule has 140 valence electrons. The Hall–Kier alpha value is -1.88. The van der Waals surface area contributed by atoms with E-state index in [-0.39, 0.29) is 17.9 Å². The summed E-state index contributed by atoms with van der Waals surface area (Å²) in [6, 6.07) is 9.04. The van der Waals surface area contributed by atoms with Crippen molar-refractivity contribution in [3.63, 3.8) is 0 Å². The molecule has 4 rings (SSSR count). The third-order valence-electron chi connectivity index (χ3n) is 6.27. The Morgan fingerprint density at radius 3 is 2.46 bits per heavy atom. The maximum Gasteiger partial charge on any atom is 0.246 e. The van der Waals surface area contributed by atoms with Crippen LogP contribution in [0.3, 0.4) is 0 Å². The first-order valence-corrected chi connectivity index (χ1v) is 9.96. The van der Waals surface area contributed by atoms with Crippen LogP contribution < -0.4 is 0 Å². The molecule has 3 atom stereocenters. The Balaban J connectivity index is 1.59. The summed E-state index contributed by atoms with van der Waals surface area (Å²) >= 11 is 0. The largest absolute Gasteiger partial charge is 0.391 e. The van der Waals surface area contributed by atoms with Crippen molar-refractivity contribution in [3.05, 3.63) is 35.9 Å². The lowest BCUT2D eigenvalue weighted by Gasteiger charge is -2.43. The van der Waals surface area contributed by atoms with Crippen molar-refractivity contribution in [1.82, 2.24) is 9.80 Å². The highest BCUT2D eigenvalue weighted by Crippen LogP contribution is 2.34. The molecule has 3 fully saturated rings. The highest BCUT2D eigenvalue weighted by atomic mass is 16.3. The van der Waals surface area contributed by atoms with E-state index < -0.39 is 12.1 Å². The van der Waals surface area contributed by atoms with E-state index in [9.17, 15) is 14.7 Å². The molecule has 26 heavy (non-hydrogen) atoms. The molecule has 1 unspecified atom stereocenters. The van der Waals surface area contributed by atoms with E-state index in [0.29, 0.717) is 25.4 Å². The van der Waals surface area contributed by atoms with Crippen LogP contribution in [0.4, 0.5) is 0 Å². The molecule has 1 aromatic rings. The van der Waals surface area contributed by atoms with E-state index >= 15 is 0 Å². The van der Waals surface area contributed by atoms with Crippen molar-refractivity contribution in [2.45, 2.75) is 69.7 Å². The van der Waals surface area contributed by atoms with Crippen LogP contribution >= 0.6 is 0 Å². The number of carbonyl (C=O) groups excluding carboxylic acids is 2. The Morgan fingerprint density at radius 1 is 1.00 bits per heavy atom. The topological polar surface area (TPSA) is 60.9 Å². The fraction of sp³-hybridized carbons (Fsp3) is 0.619. The van der Waals surface area contributed by atoms with E-state index in [1.165, 1.54) is 19.3 Å². The molecule has 1 aliphatic carbocycles. The summed E-state index contributed by atoms with van der Waals surface area (Å²) in [5.74, 6) is 0.561. The first-order chi connectivity index (χ1) is 12.6. The number of nitrogens with zero attached hydrogens (tertiary/aromatic N) is 2. The third-order valence-corrected chi connectivity index (χ3v) is 6.27. The number of amides is 2. The van der Waals surface area contributed by atoms with Crippen LogP contribution in [0.15, 0.2) is 30.3 Å². The Labute approximate surface area is 155 Å². The average Bonchev–Trinajstić information content (AvgIpc) is 3.06. The minimum Gasteiger partial charge on any atom is -0.391 e. The van der Waals surface area contributed by atoms with Gasteiger partial charge in [0.05, 0.1) is 6.10 Å². The number of hydrogen-bond donors (Lipinski definition) is 1. The normalized spacial score (nSPS) is 30.0. The predicted molar refractivity (Wildman–Crippen MR) is 98.1 cm³/mol. The smallest absolute Gasteiger partial charge is 0.246 e. The number of aliphatic hydroxyl groups excluding tert-OH is 1. The number of fused-ring (bicyclic) bond motifs is 1. The second-order valence-corrected chi connectivity index (χ2v) is 8.10. The summed E-state index contributed by atoms with van der Waals surface area (Å²) in [4.78, 5) is 29.8. The van der Waals surface area contributed by atoms with Crippen LogP contribution in [0, 0.1) is 5.92 Å². The van der Waals surface area contributed by atoms with Gasteiger partial charge in [-0.3, -0.25) is 9.59 Å². The highest BCUT2D eigenvalue weighted by Gasteiger charge is 2.50. The number of carbonyl (C=O) groups is 2. The van der Waals surface area contributed by atoms with Crippen LogP contribution in [-0.2, 0) is 16.1 Å².